The first-order valence-electron chi connectivity index (χ1n) is 9.01. The SMILES string of the molecule is CCc1ccc(NC(=O)C2CCN(C(=O)c3ccc(Cl)cc3)CC2)cc1. The van der Waals surface area contributed by atoms with Crippen molar-refractivity contribution in [2.45, 2.75) is 26.2 Å². The van der Waals surface area contributed by atoms with E-state index < -0.39 is 0 Å². The summed E-state index contributed by atoms with van der Waals surface area (Å²) in [4.78, 5) is 26.8. The summed E-state index contributed by atoms with van der Waals surface area (Å²) < 4.78 is 0. The van der Waals surface area contributed by atoms with Crippen LogP contribution in [0.1, 0.15) is 35.7 Å². The average molecular weight is 371 g/mol. The average Bonchev–Trinajstić information content (AvgIpc) is 2.69. The molecule has 2 aromatic carbocycles. The summed E-state index contributed by atoms with van der Waals surface area (Å²) >= 11 is 5.87. The van der Waals surface area contributed by atoms with Crippen molar-refractivity contribution in [1.82, 2.24) is 4.90 Å². The van der Waals surface area contributed by atoms with E-state index in [4.69, 9.17) is 11.6 Å². The Morgan fingerprint density at radius 3 is 2.23 bits per heavy atom. The largest absolute Gasteiger partial charge is 0.339 e. The number of anilines is 1. The van der Waals surface area contributed by atoms with Crippen molar-refractivity contribution in [2.24, 2.45) is 5.92 Å². The minimum absolute atomic E-state index is 0.00400. The van der Waals surface area contributed by atoms with Gasteiger partial charge in [0, 0.05) is 35.3 Å². The summed E-state index contributed by atoms with van der Waals surface area (Å²) in [5, 5.41) is 3.60. The Balaban J connectivity index is 1.53. The zero-order valence-electron chi connectivity index (χ0n) is 14.9. The van der Waals surface area contributed by atoms with Crippen LogP contribution in [0.2, 0.25) is 5.02 Å². The monoisotopic (exact) mass is 370 g/mol. The zero-order valence-corrected chi connectivity index (χ0v) is 15.6. The number of hydrogen-bond acceptors (Lipinski definition) is 2. The van der Waals surface area contributed by atoms with Gasteiger partial charge in [-0.3, -0.25) is 9.59 Å². The first-order chi connectivity index (χ1) is 12.6. The van der Waals surface area contributed by atoms with Crippen molar-refractivity contribution in [3.8, 4) is 0 Å². The van der Waals surface area contributed by atoms with E-state index in [1.807, 2.05) is 29.2 Å². The molecule has 5 heteroatoms. The van der Waals surface area contributed by atoms with Crippen LogP contribution in [0, 0.1) is 5.92 Å². The third-order valence-electron chi connectivity index (χ3n) is 4.87. The lowest BCUT2D eigenvalue weighted by atomic mass is 9.95. The zero-order chi connectivity index (χ0) is 18.5. The van der Waals surface area contributed by atoms with Gasteiger partial charge < -0.3 is 10.2 Å². The maximum atomic E-state index is 12.5. The Morgan fingerprint density at radius 1 is 1.04 bits per heavy atom. The molecular weight excluding hydrogens is 348 g/mol. The van der Waals surface area contributed by atoms with Gasteiger partial charge in [0.2, 0.25) is 5.91 Å². The fraction of sp³-hybridized carbons (Fsp3) is 0.333. The molecule has 0 aromatic heterocycles. The molecule has 136 valence electrons. The van der Waals surface area contributed by atoms with Crippen LogP contribution in [0.3, 0.4) is 0 Å². The van der Waals surface area contributed by atoms with E-state index in [9.17, 15) is 9.59 Å². The van der Waals surface area contributed by atoms with Crippen LogP contribution in [0.5, 0.6) is 0 Å². The number of halogens is 1. The molecule has 1 N–H and O–H groups in total. The molecule has 0 aliphatic carbocycles. The van der Waals surface area contributed by atoms with E-state index in [1.165, 1.54) is 5.56 Å². The topological polar surface area (TPSA) is 49.4 Å². The molecule has 0 spiro atoms. The van der Waals surface area contributed by atoms with Crippen LogP contribution in [0.15, 0.2) is 48.5 Å². The lowest BCUT2D eigenvalue weighted by molar-refractivity contribution is -0.121. The van der Waals surface area contributed by atoms with Gasteiger partial charge in [-0.2, -0.15) is 0 Å². The third kappa shape index (κ3) is 4.44. The van der Waals surface area contributed by atoms with Crippen LogP contribution < -0.4 is 5.32 Å². The highest BCUT2D eigenvalue weighted by molar-refractivity contribution is 6.30. The van der Waals surface area contributed by atoms with Crippen LogP contribution in [-0.4, -0.2) is 29.8 Å². The van der Waals surface area contributed by atoms with Gasteiger partial charge in [0.25, 0.3) is 5.91 Å². The molecule has 0 bridgehead atoms. The molecule has 1 aliphatic heterocycles. The number of piperidine rings is 1. The molecular formula is C21H23ClN2O2. The summed E-state index contributed by atoms with van der Waals surface area (Å²) in [6.45, 7) is 3.29. The molecule has 2 amide bonds. The molecule has 0 saturated carbocycles. The number of nitrogens with zero attached hydrogens (tertiary/aromatic N) is 1. The molecule has 2 aromatic rings. The lowest BCUT2D eigenvalue weighted by Gasteiger charge is -2.31. The highest BCUT2D eigenvalue weighted by atomic mass is 35.5. The van der Waals surface area contributed by atoms with Gasteiger partial charge in [0.05, 0.1) is 0 Å². The van der Waals surface area contributed by atoms with E-state index in [2.05, 4.69) is 12.2 Å². The maximum Gasteiger partial charge on any atom is 0.253 e. The third-order valence-corrected chi connectivity index (χ3v) is 5.13. The summed E-state index contributed by atoms with van der Waals surface area (Å²) in [7, 11) is 0. The predicted molar refractivity (Wildman–Crippen MR) is 105 cm³/mol. The first kappa shape index (κ1) is 18.5. The number of benzene rings is 2. The molecule has 1 heterocycles. The van der Waals surface area contributed by atoms with Gasteiger partial charge in [-0.05, 0) is 61.2 Å². The van der Waals surface area contributed by atoms with Crippen molar-refractivity contribution in [2.75, 3.05) is 18.4 Å². The standard InChI is InChI=1S/C21H23ClN2O2/c1-2-15-3-9-19(10-4-15)23-20(25)16-11-13-24(14-12-16)21(26)17-5-7-18(22)8-6-17/h3-10,16H,2,11-14H2,1H3,(H,23,25). The smallest absolute Gasteiger partial charge is 0.253 e. The second kappa shape index (κ2) is 8.37. The van der Waals surface area contributed by atoms with Gasteiger partial charge in [-0.25, -0.2) is 0 Å². The van der Waals surface area contributed by atoms with Crippen LogP contribution >= 0.6 is 11.6 Å². The molecule has 1 saturated heterocycles. The molecule has 0 radical (unpaired) electrons. The molecule has 0 unspecified atom stereocenters. The lowest BCUT2D eigenvalue weighted by Crippen LogP contribution is -2.41. The fourth-order valence-corrected chi connectivity index (χ4v) is 3.31. The predicted octanol–water partition coefficient (Wildman–Crippen LogP) is 4.39. The number of rotatable bonds is 4. The summed E-state index contributed by atoms with van der Waals surface area (Å²) in [5.74, 6) is -0.0290. The number of amides is 2. The van der Waals surface area contributed by atoms with E-state index in [-0.39, 0.29) is 17.7 Å². The van der Waals surface area contributed by atoms with E-state index in [0.29, 0.717) is 36.5 Å². The number of nitrogens with one attached hydrogen (secondary N) is 1. The Bertz CT molecular complexity index is 764. The second-order valence-electron chi connectivity index (χ2n) is 6.61. The minimum Gasteiger partial charge on any atom is -0.339 e. The number of likely N-dealkylation sites (tertiary alicyclic amines) is 1. The van der Waals surface area contributed by atoms with Crippen molar-refractivity contribution >= 4 is 29.1 Å². The molecule has 26 heavy (non-hydrogen) atoms. The maximum absolute atomic E-state index is 12.5. The normalized spacial score (nSPS) is 14.9. The van der Waals surface area contributed by atoms with E-state index in [1.54, 1.807) is 24.3 Å². The van der Waals surface area contributed by atoms with Gasteiger partial charge >= 0.3 is 0 Å². The van der Waals surface area contributed by atoms with Crippen LogP contribution in [0.25, 0.3) is 0 Å². The number of hydrogen-bond donors (Lipinski definition) is 1. The number of aryl methyl sites for hydroxylation is 1. The first-order valence-corrected chi connectivity index (χ1v) is 9.39. The fourth-order valence-electron chi connectivity index (χ4n) is 3.19. The summed E-state index contributed by atoms with van der Waals surface area (Å²) in [6.07, 6.45) is 2.34. The summed E-state index contributed by atoms with van der Waals surface area (Å²) in [5.41, 5.74) is 2.71. The molecule has 1 fully saturated rings. The summed E-state index contributed by atoms with van der Waals surface area (Å²) in [6, 6.07) is 14.9. The van der Waals surface area contributed by atoms with Gasteiger partial charge in [-0.1, -0.05) is 30.7 Å². The second-order valence-corrected chi connectivity index (χ2v) is 7.05. The molecule has 4 nitrogen and oxygen atoms in total. The Kier molecular flexibility index (Phi) is 5.94. The highest BCUT2D eigenvalue weighted by Crippen LogP contribution is 2.22. The molecule has 1 aliphatic rings. The Labute approximate surface area is 159 Å². The van der Waals surface area contributed by atoms with Gasteiger partial charge in [0.1, 0.15) is 0 Å². The van der Waals surface area contributed by atoms with E-state index in [0.717, 1.165) is 12.1 Å². The van der Waals surface area contributed by atoms with Gasteiger partial charge in [-0.15, -0.1) is 0 Å². The van der Waals surface area contributed by atoms with Gasteiger partial charge in [0.15, 0.2) is 0 Å². The number of carbonyl (C=O) groups excluding carboxylic acids is 2. The Hall–Kier alpha value is -2.33. The highest BCUT2D eigenvalue weighted by Gasteiger charge is 2.27. The molecule has 3 rings (SSSR count). The van der Waals surface area contributed by atoms with Crippen molar-refractivity contribution in [1.29, 1.82) is 0 Å². The van der Waals surface area contributed by atoms with Crippen LogP contribution in [-0.2, 0) is 11.2 Å². The van der Waals surface area contributed by atoms with Crippen molar-refractivity contribution < 1.29 is 9.59 Å². The van der Waals surface area contributed by atoms with E-state index >= 15 is 0 Å². The number of carbonyl (C=O) groups is 2. The quantitative estimate of drug-likeness (QED) is 0.867. The van der Waals surface area contributed by atoms with Crippen LogP contribution in [0.4, 0.5) is 5.69 Å². The van der Waals surface area contributed by atoms with Crippen molar-refractivity contribution in [3.63, 3.8) is 0 Å². The van der Waals surface area contributed by atoms with Crippen molar-refractivity contribution in [3.05, 3.63) is 64.7 Å². The molecule has 0 atom stereocenters. The Morgan fingerprint density at radius 2 is 1.65 bits per heavy atom. The minimum atomic E-state index is -0.0601.